The van der Waals surface area contributed by atoms with Crippen molar-refractivity contribution in [3.05, 3.63) is 57.8 Å². The summed E-state index contributed by atoms with van der Waals surface area (Å²) in [4.78, 5) is 20.1. The Kier molecular flexibility index (Phi) is 4.21. The number of nitrogens with zero attached hydrogens (tertiary/aromatic N) is 2. The van der Waals surface area contributed by atoms with Crippen molar-refractivity contribution in [3.63, 3.8) is 0 Å². The van der Waals surface area contributed by atoms with Crippen LogP contribution in [0, 0.1) is 12.7 Å². The van der Waals surface area contributed by atoms with Gasteiger partial charge in [-0.1, -0.05) is 6.07 Å². The molecule has 0 saturated carbocycles. The SMILES string of the molecule is Cc1cnc(CNC(=O)c2c(F)cccc2Br)cn1. The van der Waals surface area contributed by atoms with Crippen molar-refractivity contribution < 1.29 is 9.18 Å². The van der Waals surface area contributed by atoms with E-state index in [4.69, 9.17) is 0 Å². The number of amides is 1. The Labute approximate surface area is 118 Å². The normalized spacial score (nSPS) is 10.3. The van der Waals surface area contributed by atoms with E-state index in [-0.39, 0.29) is 12.1 Å². The first-order chi connectivity index (χ1) is 9.08. The number of hydrogen-bond acceptors (Lipinski definition) is 3. The summed E-state index contributed by atoms with van der Waals surface area (Å²) in [6.07, 6.45) is 3.19. The first kappa shape index (κ1) is 13.6. The zero-order valence-electron chi connectivity index (χ0n) is 10.2. The third-order valence-electron chi connectivity index (χ3n) is 2.45. The predicted octanol–water partition coefficient (Wildman–Crippen LogP) is 2.62. The number of aryl methyl sites for hydroxylation is 1. The Balaban J connectivity index is 2.07. The number of hydrogen-bond donors (Lipinski definition) is 1. The van der Waals surface area contributed by atoms with Crippen LogP contribution in [-0.4, -0.2) is 15.9 Å². The van der Waals surface area contributed by atoms with Crippen LogP contribution in [0.2, 0.25) is 0 Å². The van der Waals surface area contributed by atoms with Crippen LogP contribution >= 0.6 is 15.9 Å². The quantitative estimate of drug-likeness (QED) is 0.944. The van der Waals surface area contributed by atoms with E-state index in [2.05, 4.69) is 31.2 Å². The molecule has 19 heavy (non-hydrogen) atoms. The molecule has 1 heterocycles. The second-order valence-corrected chi connectivity index (χ2v) is 4.78. The molecular formula is C13H11BrFN3O. The number of carbonyl (C=O) groups excluding carboxylic acids is 1. The molecule has 0 radical (unpaired) electrons. The van der Waals surface area contributed by atoms with E-state index in [1.165, 1.54) is 12.1 Å². The molecule has 2 aromatic rings. The first-order valence-corrected chi connectivity index (χ1v) is 6.37. The fourth-order valence-electron chi connectivity index (χ4n) is 1.48. The van der Waals surface area contributed by atoms with Crippen molar-refractivity contribution in [1.29, 1.82) is 0 Å². The van der Waals surface area contributed by atoms with Gasteiger partial charge in [-0.3, -0.25) is 14.8 Å². The summed E-state index contributed by atoms with van der Waals surface area (Å²) in [7, 11) is 0. The Morgan fingerprint density at radius 1 is 1.37 bits per heavy atom. The van der Waals surface area contributed by atoms with Gasteiger partial charge in [0.05, 0.1) is 29.7 Å². The molecule has 6 heteroatoms. The van der Waals surface area contributed by atoms with Crippen molar-refractivity contribution in [3.8, 4) is 0 Å². The molecule has 1 aromatic carbocycles. The third kappa shape index (κ3) is 3.35. The van der Waals surface area contributed by atoms with Gasteiger partial charge in [0, 0.05) is 10.7 Å². The highest BCUT2D eigenvalue weighted by atomic mass is 79.9. The van der Waals surface area contributed by atoms with Gasteiger partial charge in [0.15, 0.2) is 0 Å². The van der Waals surface area contributed by atoms with Crippen molar-refractivity contribution in [1.82, 2.24) is 15.3 Å². The van der Waals surface area contributed by atoms with Crippen molar-refractivity contribution in [2.24, 2.45) is 0 Å². The molecule has 0 aliphatic rings. The van der Waals surface area contributed by atoms with E-state index in [0.717, 1.165) is 5.69 Å². The molecule has 0 atom stereocenters. The van der Waals surface area contributed by atoms with E-state index in [1.54, 1.807) is 18.5 Å². The van der Waals surface area contributed by atoms with Gasteiger partial charge in [0.2, 0.25) is 0 Å². The zero-order chi connectivity index (χ0) is 13.8. The maximum Gasteiger partial charge on any atom is 0.255 e. The number of carbonyl (C=O) groups is 1. The van der Waals surface area contributed by atoms with Crippen LogP contribution in [0.1, 0.15) is 21.7 Å². The highest BCUT2D eigenvalue weighted by molar-refractivity contribution is 9.10. The molecule has 4 nitrogen and oxygen atoms in total. The molecule has 98 valence electrons. The first-order valence-electron chi connectivity index (χ1n) is 5.57. The molecule has 0 spiro atoms. The largest absolute Gasteiger partial charge is 0.346 e. The van der Waals surface area contributed by atoms with Gasteiger partial charge in [-0.2, -0.15) is 0 Å². The van der Waals surface area contributed by atoms with Crippen LogP contribution in [-0.2, 0) is 6.54 Å². The lowest BCUT2D eigenvalue weighted by molar-refractivity contribution is 0.0945. The molecule has 1 aromatic heterocycles. The maximum atomic E-state index is 13.6. The summed E-state index contributed by atoms with van der Waals surface area (Å²) in [5, 5.41) is 2.60. The minimum Gasteiger partial charge on any atom is -0.346 e. The van der Waals surface area contributed by atoms with Gasteiger partial charge >= 0.3 is 0 Å². The van der Waals surface area contributed by atoms with Gasteiger partial charge in [0.1, 0.15) is 5.82 Å². The molecule has 2 rings (SSSR count). The van der Waals surface area contributed by atoms with Crippen LogP contribution in [0.15, 0.2) is 35.1 Å². The monoisotopic (exact) mass is 323 g/mol. The van der Waals surface area contributed by atoms with Crippen LogP contribution in [0.3, 0.4) is 0 Å². The van der Waals surface area contributed by atoms with E-state index in [1.807, 2.05) is 6.92 Å². The fraction of sp³-hybridized carbons (Fsp3) is 0.154. The minimum atomic E-state index is -0.568. The standard InChI is InChI=1S/C13H11BrFN3O/c1-8-5-17-9(6-16-8)7-18-13(19)12-10(14)3-2-4-11(12)15/h2-6H,7H2,1H3,(H,18,19). The number of benzene rings is 1. The topological polar surface area (TPSA) is 54.9 Å². The molecule has 1 amide bonds. The number of rotatable bonds is 3. The highest BCUT2D eigenvalue weighted by Crippen LogP contribution is 2.19. The zero-order valence-corrected chi connectivity index (χ0v) is 11.7. The summed E-state index contributed by atoms with van der Waals surface area (Å²) in [6, 6.07) is 4.39. The summed E-state index contributed by atoms with van der Waals surface area (Å²) in [6.45, 7) is 2.03. The molecule has 0 saturated heterocycles. The average molecular weight is 324 g/mol. The van der Waals surface area contributed by atoms with Gasteiger partial charge in [-0.05, 0) is 35.0 Å². The van der Waals surface area contributed by atoms with Gasteiger partial charge < -0.3 is 5.32 Å². The molecule has 0 aliphatic carbocycles. The van der Waals surface area contributed by atoms with Crippen LogP contribution in [0.4, 0.5) is 4.39 Å². The predicted molar refractivity (Wildman–Crippen MR) is 72.0 cm³/mol. The Morgan fingerprint density at radius 2 is 2.16 bits per heavy atom. The number of aromatic nitrogens is 2. The molecule has 0 bridgehead atoms. The summed E-state index contributed by atoms with van der Waals surface area (Å²) >= 11 is 3.15. The van der Waals surface area contributed by atoms with Gasteiger partial charge in [-0.15, -0.1) is 0 Å². The Hall–Kier alpha value is -1.82. The van der Waals surface area contributed by atoms with Crippen LogP contribution in [0.5, 0.6) is 0 Å². The number of nitrogens with one attached hydrogen (secondary N) is 1. The maximum absolute atomic E-state index is 13.6. The highest BCUT2D eigenvalue weighted by Gasteiger charge is 2.14. The molecule has 0 unspecified atom stereocenters. The van der Waals surface area contributed by atoms with Crippen molar-refractivity contribution >= 4 is 21.8 Å². The molecular weight excluding hydrogens is 313 g/mol. The average Bonchev–Trinajstić information content (AvgIpc) is 2.38. The van der Waals surface area contributed by atoms with E-state index in [0.29, 0.717) is 10.2 Å². The van der Waals surface area contributed by atoms with Crippen LogP contribution in [0.25, 0.3) is 0 Å². The number of halogens is 2. The third-order valence-corrected chi connectivity index (χ3v) is 3.12. The summed E-state index contributed by atoms with van der Waals surface area (Å²) in [5.74, 6) is -1.06. The fourth-order valence-corrected chi connectivity index (χ4v) is 2.01. The lowest BCUT2D eigenvalue weighted by Crippen LogP contribution is -2.24. The van der Waals surface area contributed by atoms with Gasteiger partial charge in [0.25, 0.3) is 5.91 Å². The lowest BCUT2D eigenvalue weighted by Gasteiger charge is -2.07. The molecule has 1 N–H and O–H groups in total. The van der Waals surface area contributed by atoms with E-state index >= 15 is 0 Å². The smallest absolute Gasteiger partial charge is 0.255 e. The van der Waals surface area contributed by atoms with E-state index < -0.39 is 11.7 Å². The summed E-state index contributed by atoms with van der Waals surface area (Å²) < 4.78 is 14.0. The second-order valence-electron chi connectivity index (χ2n) is 3.93. The van der Waals surface area contributed by atoms with Crippen LogP contribution < -0.4 is 5.32 Å². The molecule has 0 fully saturated rings. The lowest BCUT2D eigenvalue weighted by atomic mass is 10.2. The van der Waals surface area contributed by atoms with Gasteiger partial charge in [-0.25, -0.2) is 4.39 Å². The summed E-state index contributed by atoms with van der Waals surface area (Å²) in [5.41, 5.74) is 1.40. The minimum absolute atomic E-state index is 0.0115. The van der Waals surface area contributed by atoms with Crippen molar-refractivity contribution in [2.45, 2.75) is 13.5 Å². The van der Waals surface area contributed by atoms with Crippen molar-refractivity contribution in [2.75, 3.05) is 0 Å². The second kappa shape index (κ2) is 5.88. The Bertz CT molecular complexity index is 581. The molecule has 0 aliphatic heterocycles. The Morgan fingerprint density at radius 3 is 2.79 bits per heavy atom. The van der Waals surface area contributed by atoms with E-state index in [9.17, 15) is 9.18 Å².